The molecule has 0 atom stereocenters. The molecule has 0 aromatic heterocycles. The first-order valence-electron chi connectivity index (χ1n) is 5.35. The van der Waals surface area contributed by atoms with E-state index >= 15 is 0 Å². The Morgan fingerprint density at radius 1 is 1.11 bits per heavy atom. The molecule has 0 radical (unpaired) electrons. The Morgan fingerprint density at radius 2 is 1.83 bits per heavy atom. The Bertz CT molecular complexity index is 440. The molecule has 0 fully saturated rings. The second-order valence-corrected chi connectivity index (χ2v) is 3.54. The van der Waals surface area contributed by atoms with Crippen LogP contribution < -0.4 is 0 Å². The van der Waals surface area contributed by atoms with Crippen molar-refractivity contribution in [2.45, 2.75) is 6.42 Å². The predicted molar refractivity (Wildman–Crippen MR) is 62.0 cm³/mol. The Morgan fingerprint density at radius 3 is 2.39 bits per heavy atom. The Hall–Kier alpha value is -1.92. The Labute approximate surface area is 103 Å². The summed E-state index contributed by atoms with van der Waals surface area (Å²) in [6.07, 6.45) is 0.281. The first kappa shape index (κ1) is 14.1. The fourth-order valence-electron chi connectivity index (χ4n) is 1.59. The average molecular weight is 254 g/mol. The number of carboxylic acids is 2. The molecule has 6 nitrogen and oxygen atoms in total. The molecular weight excluding hydrogens is 240 g/mol. The van der Waals surface area contributed by atoms with Crippen molar-refractivity contribution in [3.8, 4) is 0 Å². The van der Waals surface area contributed by atoms with Crippen LogP contribution in [0.25, 0.3) is 0 Å². The van der Waals surface area contributed by atoms with Gasteiger partial charge in [-0.15, -0.1) is 0 Å². The van der Waals surface area contributed by atoms with Crippen molar-refractivity contribution in [3.05, 3.63) is 34.9 Å². The van der Waals surface area contributed by atoms with E-state index < -0.39 is 11.9 Å². The van der Waals surface area contributed by atoms with Gasteiger partial charge in [-0.25, -0.2) is 9.59 Å². The molecule has 0 bridgehead atoms. The van der Waals surface area contributed by atoms with E-state index in [0.29, 0.717) is 5.56 Å². The van der Waals surface area contributed by atoms with Crippen LogP contribution in [0.4, 0.5) is 0 Å². The van der Waals surface area contributed by atoms with Crippen LogP contribution in [-0.2, 0) is 11.2 Å². The van der Waals surface area contributed by atoms with Gasteiger partial charge in [0.15, 0.2) is 0 Å². The van der Waals surface area contributed by atoms with Crippen LogP contribution in [0.1, 0.15) is 26.3 Å². The average Bonchev–Trinajstić information content (AvgIpc) is 2.33. The summed E-state index contributed by atoms with van der Waals surface area (Å²) >= 11 is 0. The van der Waals surface area contributed by atoms with Crippen LogP contribution in [0, 0.1) is 0 Å². The predicted octanol–water partition coefficient (Wildman–Crippen LogP) is 0.634. The summed E-state index contributed by atoms with van der Waals surface area (Å²) in [5.74, 6) is -2.55. The van der Waals surface area contributed by atoms with Gasteiger partial charge in [-0.1, -0.05) is 12.1 Å². The van der Waals surface area contributed by atoms with Crippen molar-refractivity contribution < 1.29 is 29.6 Å². The van der Waals surface area contributed by atoms with Gasteiger partial charge < -0.3 is 20.1 Å². The topological polar surface area (TPSA) is 104 Å². The van der Waals surface area contributed by atoms with Crippen LogP contribution in [0.5, 0.6) is 0 Å². The van der Waals surface area contributed by atoms with E-state index in [2.05, 4.69) is 0 Å². The van der Waals surface area contributed by atoms with E-state index in [9.17, 15) is 9.59 Å². The van der Waals surface area contributed by atoms with Gasteiger partial charge in [0.05, 0.1) is 30.9 Å². The van der Waals surface area contributed by atoms with E-state index in [0.717, 1.165) is 0 Å². The Balaban J connectivity index is 2.93. The van der Waals surface area contributed by atoms with Gasteiger partial charge in [0.1, 0.15) is 0 Å². The van der Waals surface area contributed by atoms with Gasteiger partial charge in [-0.05, 0) is 18.1 Å². The van der Waals surface area contributed by atoms with Gasteiger partial charge in [0.2, 0.25) is 0 Å². The summed E-state index contributed by atoms with van der Waals surface area (Å²) in [6.45, 7) is 0.284. The van der Waals surface area contributed by atoms with Crippen molar-refractivity contribution in [1.29, 1.82) is 0 Å². The molecule has 1 rings (SSSR count). The maximum Gasteiger partial charge on any atom is 0.336 e. The van der Waals surface area contributed by atoms with Crippen molar-refractivity contribution >= 4 is 11.9 Å². The highest BCUT2D eigenvalue weighted by Gasteiger charge is 2.19. The van der Waals surface area contributed by atoms with Gasteiger partial charge >= 0.3 is 11.9 Å². The van der Waals surface area contributed by atoms with E-state index in [1.165, 1.54) is 12.1 Å². The van der Waals surface area contributed by atoms with Crippen LogP contribution in [0.15, 0.2) is 18.2 Å². The maximum absolute atomic E-state index is 11.1. The molecule has 0 unspecified atom stereocenters. The van der Waals surface area contributed by atoms with Crippen LogP contribution in [-0.4, -0.2) is 47.1 Å². The molecule has 0 amide bonds. The quantitative estimate of drug-likeness (QED) is 0.617. The minimum absolute atomic E-state index is 0.110. The largest absolute Gasteiger partial charge is 0.478 e. The number of rotatable bonds is 7. The van der Waals surface area contributed by atoms with Crippen LogP contribution in [0.3, 0.4) is 0 Å². The smallest absolute Gasteiger partial charge is 0.336 e. The second kappa shape index (κ2) is 6.73. The number of hydrogen-bond donors (Lipinski definition) is 3. The molecule has 0 spiro atoms. The van der Waals surface area contributed by atoms with E-state index in [4.69, 9.17) is 20.1 Å². The molecule has 1 aromatic rings. The summed E-state index contributed by atoms with van der Waals surface area (Å²) < 4.78 is 5.03. The van der Waals surface area contributed by atoms with Crippen LogP contribution in [0.2, 0.25) is 0 Å². The summed E-state index contributed by atoms with van der Waals surface area (Å²) in [5, 5.41) is 26.5. The fraction of sp³-hybridized carbons (Fsp3) is 0.333. The lowest BCUT2D eigenvalue weighted by Gasteiger charge is -2.09. The van der Waals surface area contributed by atoms with Gasteiger partial charge in [0, 0.05) is 0 Å². The molecule has 0 heterocycles. The summed E-state index contributed by atoms with van der Waals surface area (Å²) in [6, 6.07) is 4.30. The van der Waals surface area contributed by atoms with Gasteiger partial charge in [-0.2, -0.15) is 0 Å². The molecule has 0 saturated heterocycles. The number of carboxylic acid groups (broad SMARTS) is 2. The lowest BCUT2D eigenvalue weighted by Crippen LogP contribution is -2.13. The fourth-order valence-corrected chi connectivity index (χ4v) is 1.59. The third kappa shape index (κ3) is 3.54. The molecule has 0 aliphatic heterocycles. The number of ether oxygens (including phenoxy) is 1. The van der Waals surface area contributed by atoms with E-state index in [-0.39, 0.29) is 37.4 Å². The minimum atomic E-state index is -1.27. The van der Waals surface area contributed by atoms with Crippen LogP contribution >= 0.6 is 0 Å². The number of benzene rings is 1. The highest BCUT2D eigenvalue weighted by Crippen LogP contribution is 2.16. The molecular formula is C12H14O6. The van der Waals surface area contributed by atoms with Crippen molar-refractivity contribution in [2.24, 2.45) is 0 Å². The zero-order chi connectivity index (χ0) is 13.5. The normalized spacial score (nSPS) is 10.3. The lowest BCUT2D eigenvalue weighted by atomic mass is 9.99. The molecule has 0 saturated carbocycles. The first-order valence-corrected chi connectivity index (χ1v) is 5.35. The number of aliphatic hydroxyl groups is 1. The highest BCUT2D eigenvalue weighted by atomic mass is 16.5. The van der Waals surface area contributed by atoms with Gasteiger partial charge in [-0.3, -0.25) is 0 Å². The standard InChI is InChI=1S/C12H14O6/c13-5-7-18-6-4-8-2-1-3-9(11(14)15)10(8)12(16)17/h1-3,13H,4-7H2,(H,14,15)(H,16,17). The first-order chi connectivity index (χ1) is 8.57. The number of carbonyl (C=O) groups is 2. The number of hydrogen-bond acceptors (Lipinski definition) is 4. The zero-order valence-electron chi connectivity index (χ0n) is 9.63. The molecule has 3 N–H and O–H groups in total. The van der Waals surface area contributed by atoms with E-state index in [1.807, 2.05) is 0 Å². The summed E-state index contributed by atoms with van der Waals surface area (Å²) in [7, 11) is 0. The van der Waals surface area contributed by atoms with Crippen molar-refractivity contribution in [2.75, 3.05) is 19.8 Å². The van der Waals surface area contributed by atoms with Gasteiger partial charge in [0.25, 0.3) is 0 Å². The molecule has 6 heteroatoms. The minimum Gasteiger partial charge on any atom is -0.478 e. The highest BCUT2D eigenvalue weighted by molar-refractivity contribution is 6.02. The maximum atomic E-state index is 11.1. The molecule has 98 valence electrons. The zero-order valence-corrected chi connectivity index (χ0v) is 9.63. The Kier molecular flexibility index (Phi) is 5.29. The van der Waals surface area contributed by atoms with Crippen molar-refractivity contribution in [1.82, 2.24) is 0 Å². The molecule has 1 aromatic carbocycles. The molecule has 0 aliphatic carbocycles. The van der Waals surface area contributed by atoms with Crippen molar-refractivity contribution in [3.63, 3.8) is 0 Å². The SMILES string of the molecule is O=C(O)c1cccc(CCOCCO)c1C(=O)O. The molecule has 0 aliphatic rings. The number of aromatic carboxylic acids is 2. The lowest BCUT2D eigenvalue weighted by molar-refractivity contribution is 0.0648. The molecule has 18 heavy (non-hydrogen) atoms. The number of aliphatic hydroxyl groups excluding tert-OH is 1. The third-order valence-electron chi connectivity index (χ3n) is 2.35. The van der Waals surface area contributed by atoms with E-state index in [1.54, 1.807) is 6.07 Å². The summed E-state index contributed by atoms with van der Waals surface area (Å²) in [5.41, 5.74) is -0.0416. The monoisotopic (exact) mass is 254 g/mol. The third-order valence-corrected chi connectivity index (χ3v) is 2.35. The summed E-state index contributed by atoms with van der Waals surface area (Å²) in [4.78, 5) is 22.0. The second-order valence-electron chi connectivity index (χ2n) is 3.54.